The van der Waals surface area contributed by atoms with E-state index in [2.05, 4.69) is 0 Å². The van der Waals surface area contributed by atoms with Crippen LogP contribution >= 0.6 is 0 Å². The average molecular weight is 592 g/mol. The van der Waals surface area contributed by atoms with Crippen molar-refractivity contribution in [2.24, 2.45) is 0 Å². The molecule has 0 aliphatic heterocycles. The first-order chi connectivity index (χ1) is 18.4. The highest BCUT2D eigenvalue weighted by molar-refractivity contribution is 6.13. The Hall–Kier alpha value is -5.04. The van der Waals surface area contributed by atoms with E-state index in [-0.39, 0.29) is 0 Å². The van der Waals surface area contributed by atoms with Crippen LogP contribution in [0.15, 0.2) is 0 Å². The molecule has 0 saturated heterocycles. The Morgan fingerprint density at radius 3 is 0.675 bits per heavy atom. The molecule has 0 amide bonds. The van der Waals surface area contributed by atoms with Crippen molar-refractivity contribution in [3.8, 4) is 0 Å². The molecule has 0 aliphatic carbocycles. The van der Waals surface area contributed by atoms with Gasteiger partial charge in [0.05, 0.1) is 9.85 Å². The summed E-state index contributed by atoms with van der Waals surface area (Å²) in [4.78, 5) is 41.7. The highest BCUT2D eigenvalue weighted by Gasteiger charge is 2.42. The molecule has 210 valence electrons. The lowest BCUT2D eigenvalue weighted by Gasteiger charge is -2.13. The molecule has 20 heteroatoms. The lowest BCUT2D eigenvalue weighted by Crippen LogP contribution is -2.22. The topological polar surface area (TPSA) is 120 Å². The maximum Gasteiger partial charge on any atom is 0.346 e. The second kappa shape index (κ2) is 9.93. The highest BCUT2D eigenvalue weighted by Crippen LogP contribution is 2.36. The fraction of sp³-hybridized carbons (Fsp3) is 0. The van der Waals surface area contributed by atoms with Crippen LogP contribution in [-0.4, -0.2) is 21.4 Å². The summed E-state index contributed by atoms with van der Waals surface area (Å²) < 4.78 is 170. The van der Waals surface area contributed by atoms with Crippen LogP contribution in [0.4, 0.5) is 64.1 Å². The third-order valence-corrected chi connectivity index (χ3v) is 5.02. The van der Waals surface area contributed by atoms with Gasteiger partial charge in [0.2, 0.25) is 34.8 Å². The standard InChI is InChI=1S/C20F12N2O6/c21-5-1(19(35)3-9(25)13(29)17(33(37)38)14(30)10(3)26)6(22)8(24)2(7(5)23)20(36)4-11(27)15(31)18(34(39)40)16(32)12(4)28. The van der Waals surface area contributed by atoms with E-state index in [9.17, 15) is 82.5 Å². The number of carbonyl (C=O) groups excluding carboxylic acids is 2. The molecule has 0 spiro atoms. The van der Waals surface area contributed by atoms with E-state index in [1.165, 1.54) is 0 Å². The number of nitro benzene ring substituents is 2. The van der Waals surface area contributed by atoms with E-state index in [1.54, 1.807) is 0 Å². The second-order valence-electron chi connectivity index (χ2n) is 7.14. The van der Waals surface area contributed by atoms with Crippen molar-refractivity contribution in [3.05, 3.63) is 112 Å². The minimum absolute atomic E-state index is 2.02. The van der Waals surface area contributed by atoms with Gasteiger partial charge in [0.15, 0.2) is 46.5 Å². The Morgan fingerprint density at radius 2 is 0.525 bits per heavy atom. The zero-order chi connectivity index (χ0) is 30.7. The second-order valence-corrected chi connectivity index (χ2v) is 7.14. The van der Waals surface area contributed by atoms with Crippen LogP contribution in [0.1, 0.15) is 31.8 Å². The summed E-state index contributed by atoms with van der Waals surface area (Å²) in [5.74, 6) is -42.0. The van der Waals surface area contributed by atoms with E-state index >= 15 is 0 Å². The summed E-state index contributed by atoms with van der Waals surface area (Å²) in [6.07, 6.45) is 0. The maximum atomic E-state index is 14.6. The molecule has 3 aromatic carbocycles. The van der Waals surface area contributed by atoms with E-state index in [1.807, 2.05) is 0 Å². The fourth-order valence-electron chi connectivity index (χ4n) is 3.24. The van der Waals surface area contributed by atoms with Gasteiger partial charge in [0.25, 0.3) is 0 Å². The smallest absolute Gasteiger partial charge is 0.288 e. The van der Waals surface area contributed by atoms with Crippen LogP contribution in [0.5, 0.6) is 0 Å². The van der Waals surface area contributed by atoms with Crippen molar-refractivity contribution < 1.29 is 72.1 Å². The average Bonchev–Trinajstić information content (AvgIpc) is 2.85. The number of benzene rings is 3. The Labute approximate surface area is 208 Å². The van der Waals surface area contributed by atoms with Gasteiger partial charge in [0, 0.05) is 0 Å². The van der Waals surface area contributed by atoms with Gasteiger partial charge in [-0.25, -0.2) is 35.1 Å². The summed E-state index contributed by atoms with van der Waals surface area (Å²) in [6, 6.07) is 0. The Morgan fingerprint density at radius 1 is 0.375 bits per heavy atom. The first-order valence-electron chi connectivity index (χ1n) is 9.35. The van der Waals surface area contributed by atoms with Crippen LogP contribution in [0, 0.1) is 90.0 Å². The summed E-state index contributed by atoms with van der Waals surface area (Å²) >= 11 is 0. The molecule has 0 heterocycles. The molecule has 0 radical (unpaired) electrons. The summed E-state index contributed by atoms with van der Waals surface area (Å²) in [7, 11) is 0. The zero-order valence-corrected chi connectivity index (χ0v) is 17.9. The largest absolute Gasteiger partial charge is 0.346 e. The van der Waals surface area contributed by atoms with Crippen LogP contribution in [0.3, 0.4) is 0 Å². The molecule has 8 nitrogen and oxygen atoms in total. The maximum absolute atomic E-state index is 14.6. The molecule has 0 bridgehead atoms. The molecule has 0 atom stereocenters. The molecule has 0 aliphatic rings. The van der Waals surface area contributed by atoms with Crippen LogP contribution in [-0.2, 0) is 0 Å². The number of ketones is 2. The predicted molar refractivity (Wildman–Crippen MR) is 99.0 cm³/mol. The highest BCUT2D eigenvalue weighted by atomic mass is 19.2. The van der Waals surface area contributed by atoms with Crippen molar-refractivity contribution >= 4 is 22.9 Å². The lowest BCUT2D eigenvalue weighted by molar-refractivity contribution is -0.390. The molecule has 0 fully saturated rings. The first-order valence-corrected chi connectivity index (χ1v) is 9.35. The van der Waals surface area contributed by atoms with Gasteiger partial charge in [0.1, 0.15) is 22.3 Å². The molecular weight excluding hydrogens is 592 g/mol. The van der Waals surface area contributed by atoms with Gasteiger partial charge in [-0.1, -0.05) is 0 Å². The molecule has 0 unspecified atom stereocenters. The van der Waals surface area contributed by atoms with Crippen molar-refractivity contribution in [3.63, 3.8) is 0 Å². The third-order valence-electron chi connectivity index (χ3n) is 5.02. The van der Waals surface area contributed by atoms with Gasteiger partial charge >= 0.3 is 11.4 Å². The van der Waals surface area contributed by atoms with E-state index in [0.29, 0.717) is 0 Å². The summed E-state index contributed by atoms with van der Waals surface area (Å²) in [6.45, 7) is 0. The molecule has 3 rings (SSSR count). The SMILES string of the molecule is O=C(c1c(F)c(F)c(C(=O)c2c(F)c(F)c([N+](=O)[O-])c(F)c2F)c(F)c1F)c1c(F)c(F)c([N+](=O)[O-])c(F)c1F. The number of hydrogen-bond donors (Lipinski definition) is 0. The molecule has 0 saturated carbocycles. The van der Waals surface area contributed by atoms with E-state index < -0.39 is 125 Å². The molecule has 3 aromatic rings. The van der Waals surface area contributed by atoms with E-state index in [0.717, 1.165) is 0 Å². The number of nitro groups is 2. The number of nitrogens with zero attached hydrogens (tertiary/aromatic N) is 2. The van der Waals surface area contributed by atoms with E-state index in [4.69, 9.17) is 0 Å². The quantitative estimate of drug-likeness (QED) is 0.120. The Bertz CT molecular complexity index is 1510. The normalized spacial score (nSPS) is 11.1. The number of carbonyl (C=O) groups is 2. The minimum atomic E-state index is -3.13. The monoisotopic (exact) mass is 592 g/mol. The minimum Gasteiger partial charge on any atom is -0.288 e. The Kier molecular flexibility index (Phi) is 7.33. The van der Waals surface area contributed by atoms with Crippen LogP contribution in [0.25, 0.3) is 0 Å². The summed E-state index contributed by atoms with van der Waals surface area (Å²) in [5, 5.41) is 21.2. The van der Waals surface area contributed by atoms with Crippen LogP contribution < -0.4 is 0 Å². The van der Waals surface area contributed by atoms with Crippen molar-refractivity contribution in [2.45, 2.75) is 0 Å². The molecule has 0 N–H and O–H groups in total. The van der Waals surface area contributed by atoms with Gasteiger partial charge in [-0.2, -0.15) is 17.6 Å². The van der Waals surface area contributed by atoms with Gasteiger partial charge in [-0.15, -0.1) is 0 Å². The fourth-order valence-corrected chi connectivity index (χ4v) is 3.24. The van der Waals surface area contributed by atoms with Crippen LogP contribution in [0.2, 0.25) is 0 Å². The zero-order valence-electron chi connectivity index (χ0n) is 17.9. The molecule has 40 heavy (non-hydrogen) atoms. The van der Waals surface area contributed by atoms with Gasteiger partial charge in [-0.3, -0.25) is 29.8 Å². The third kappa shape index (κ3) is 4.07. The number of rotatable bonds is 6. The number of hydrogen-bond acceptors (Lipinski definition) is 6. The Balaban J connectivity index is 2.33. The molecular formula is C20F12N2O6. The van der Waals surface area contributed by atoms with Crippen molar-refractivity contribution in [1.29, 1.82) is 0 Å². The summed E-state index contributed by atoms with van der Waals surface area (Å²) in [5.41, 5.74) is -15.9. The van der Waals surface area contributed by atoms with Gasteiger partial charge < -0.3 is 0 Å². The lowest BCUT2D eigenvalue weighted by atomic mass is 9.94. The molecule has 0 aromatic heterocycles. The first kappa shape index (κ1) is 29.5. The van der Waals surface area contributed by atoms with Gasteiger partial charge in [-0.05, 0) is 0 Å². The van der Waals surface area contributed by atoms with Crippen molar-refractivity contribution in [2.75, 3.05) is 0 Å². The van der Waals surface area contributed by atoms with Crippen molar-refractivity contribution in [1.82, 2.24) is 0 Å². The number of halogens is 12. The predicted octanol–water partition coefficient (Wildman–Crippen LogP) is 5.63.